The smallest absolute Gasteiger partial charge is 0.0705 e. The van der Waals surface area contributed by atoms with Crippen LogP contribution in [-0.2, 0) is 6.54 Å². The number of nitrogens with one attached hydrogen (secondary N) is 1. The van der Waals surface area contributed by atoms with Crippen LogP contribution >= 0.6 is 0 Å². The lowest BCUT2D eigenvalue weighted by atomic mass is 9.97. The molecule has 2 heteroatoms. The summed E-state index contributed by atoms with van der Waals surface area (Å²) in [6.45, 7) is 8.53. The van der Waals surface area contributed by atoms with Gasteiger partial charge in [-0.25, -0.2) is 0 Å². The number of hydrogen-bond donors (Lipinski definition) is 1. The normalized spacial score (nSPS) is 11.9. The maximum Gasteiger partial charge on any atom is 0.0705 e. The zero-order valence-corrected chi connectivity index (χ0v) is 10.8. The number of nitrogens with zero attached hydrogens (tertiary/aromatic N) is 1. The Balaban J connectivity index is 2.04. The van der Waals surface area contributed by atoms with Gasteiger partial charge in [-0.05, 0) is 17.5 Å². The molecule has 0 atom stereocenters. The van der Waals surface area contributed by atoms with Crippen LogP contribution in [0.1, 0.15) is 26.5 Å². The van der Waals surface area contributed by atoms with Crippen LogP contribution in [0, 0.1) is 5.41 Å². The number of rotatable bonds is 3. The van der Waals surface area contributed by atoms with Crippen molar-refractivity contribution in [3.63, 3.8) is 0 Å². The van der Waals surface area contributed by atoms with Gasteiger partial charge in [0.1, 0.15) is 0 Å². The second-order valence-electron chi connectivity index (χ2n) is 5.66. The molecule has 2 rings (SSSR count). The number of para-hydroxylation sites is 1. The molecule has 2 nitrogen and oxygen atoms in total. The fourth-order valence-corrected chi connectivity index (χ4v) is 1.77. The monoisotopic (exact) mass is 228 g/mol. The Morgan fingerprint density at radius 1 is 1.06 bits per heavy atom. The highest BCUT2D eigenvalue weighted by molar-refractivity contribution is 5.78. The van der Waals surface area contributed by atoms with Gasteiger partial charge in [0.05, 0.1) is 11.2 Å². The van der Waals surface area contributed by atoms with Crippen LogP contribution in [-0.4, -0.2) is 11.5 Å². The van der Waals surface area contributed by atoms with E-state index in [9.17, 15) is 0 Å². The van der Waals surface area contributed by atoms with Crippen LogP contribution in [0.15, 0.2) is 36.4 Å². The van der Waals surface area contributed by atoms with Crippen molar-refractivity contribution >= 4 is 10.9 Å². The van der Waals surface area contributed by atoms with Crippen LogP contribution < -0.4 is 5.32 Å². The lowest BCUT2D eigenvalue weighted by molar-refractivity contribution is 0.378. The molecule has 1 N–H and O–H groups in total. The Morgan fingerprint density at radius 2 is 1.82 bits per heavy atom. The van der Waals surface area contributed by atoms with Gasteiger partial charge in [0.25, 0.3) is 0 Å². The van der Waals surface area contributed by atoms with Crippen LogP contribution in [0.5, 0.6) is 0 Å². The fourth-order valence-electron chi connectivity index (χ4n) is 1.77. The summed E-state index contributed by atoms with van der Waals surface area (Å²) < 4.78 is 0. The Hall–Kier alpha value is -1.41. The van der Waals surface area contributed by atoms with Crippen molar-refractivity contribution in [2.75, 3.05) is 6.54 Å². The van der Waals surface area contributed by atoms with Gasteiger partial charge < -0.3 is 5.32 Å². The van der Waals surface area contributed by atoms with Gasteiger partial charge in [-0.1, -0.05) is 45.0 Å². The van der Waals surface area contributed by atoms with Gasteiger partial charge in [-0.2, -0.15) is 0 Å². The zero-order valence-electron chi connectivity index (χ0n) is 10.8. The molecule has 0 bridgehead atoms. The van der Waals surface area contributed by atoms with E-state index >= 15 is 0 Å². The first-order chi connectivity index (χ1) is 8.04. The van der Waals surface area contributed by atoms with Gasteiger partial charge >= 0.3 is 0 Å². The summed E-state index contributed by atoms with van der Waals surface area (Å²) in [6, 6.07) is 12.5. The molecule has 90 valence electrons. The number of benzene rings is 1. The number of hydrogen-bond acceptors (Lipinski definition) is 2. The molecular formula is C15H20N2. The predicted octanol–water partition coefficient (Wildman–Crippen LogP) is 3.37. The minimum Gasteiger partial charge on any atom is -0.311 e. The van der Waals surface area contributed by atoms with Crippen molar-refractivity contribution in [3.05, 3.63) is 42.1 Å². The highest BCUT2D eigenvalue weighted by Crippen LogP contribution is 2.13. The molecule has 17 heavy (non-hydrogen) atoms. The number of fused-ring (bicyclic) bond motifs is 1. The molecule has 1 aromatic carbocycles. The maximum absolute atomic E-state index is 4.63. The van der Waals surface area contributed by atoms with E-state index in [1.54, 1.807) is 0 Å². The summed E-state index contributed by atoms with van der Waals surface area (Å²) in [7, 11) is 0. The van der Waals surface area contributed by atoms with Gasteiger partial charge in [-0.3, -0.25) is 4.98 Å². The Bertz CT molecular complexity index is 497. The molecule has 0 saturated heterocycles. The van der Waals surface area contributed by atoms with Crippen LogP contribution in [0.2, 0.25) is 0 Å². The van der Waals surface area contributed by atoms with Crippen molar-refractivity contribution in [1.29, 1.82) is 0 Å². The van der Waals surface area contributed by atoms with E-state index in [2.05, 4.69) is 55.3 Å². The quantitative estimate of drug-likeness (QED) is 0.871. The molecule has 0 saturated carbocycles. The first kappa shape index (κ1) is 12.1. The standard InChI is InChI=1S/C15H20N2/c1-15(2,3)11-16-10-13-9-8-12-6-4-5-7-14(12)17-13/h4-9,16H,10-11H2,1-3H3. The lowest BCUT2D eigenvalue weighted by Crippen LogP contribution is -2.26. The molecule has 0 fully saturated rings. The van der Waals surface area contributed by atoms with Crippen LogP contribution in [0.25, 0.3) is 10.9 Å². The van der Waals surface area contributed by atoms with E-state index in [1.807, 2.05) is 12.1 Å². The molecule has 0 radical (unpaired) electrons. The fraction of sp³-hybridized carbons (Fsp3) is 0.400. The predicted molar refractivity (Wildman–Crippen MR) is 72.9 cm³/mol. The lowest BCUT2D eigenvalue weighted by Gasteiger charge is -2.18. The summed E-state index contributed by atoms with van der Waals surface area (Å²) in [6.07, 6.45) is 0. The zero-order chi connectivity index (χ0) is 12.3. The van der Waals surface area contributed by atoms with Crippen LogP contribution in [0.4, 0.5) is 0 Å². The minimum atomic E-state index is 0.316. The first-order valence-electron chi connectivity index (χ1n) is 6.10. The molecule has 0 amide bonds. The largest absolute Gasteiger partial charge is 0.311 e. The Labute approximate surface area is 103 Å². The summed E-state index contributed by atoms with van der Waals surface area (Å²) in [5.74, 6) is 0. The minimum absolute atomic E-state index is 0.316. The van der Waals surface area contributed by atoms with Gasteiger partial charge in [-0.15, -0.1) is 0 Å². The number of aromatic nitrogens is 1. The van der Waals surface area contributed by atoms with Crippen molar-refractivity contribution in [1.82, 2.24) is 10.3 Å². The van der Waals surface area contributed by atoms with Gasteiger partial charge in [0.2, 0.25) is 0 Å². The van der Waals surface area contributed by atoms with Gasteiger partial charge in [0.15, 0.2) is 0 Å². The molecule has 2 aromatic rings. The van der Waals surface area contributed by atoms with Crippen molar-refractivity contribution in [2.45, 2.75) is 27.3 Å². The molecular weight excluding hydrogens is 208 g/mol. The van der Waals surface area contributed by atoms with Crippen molar-refractivity contribution in [3.8, 4) is 0 Å². The summed E-state index contributed by atoms with van der Waals surface area (Å²) in [5.41, 5.74) is 2.49. The summed E-state index contributed by atoms with van der Waals surface area (Å²) in [5, 5.41) is 4.64. The number of pyridine rings is 1. The molecule has 0 aliphatic heterocycles. The highest BCUT2D eigenvalue weighted by Gasteiger charge is 2.08. The topological polar surface area (TPSA) is 24.9 Å². The van der Waals surface area contributed by atoms with E-state index in [0.717, 1.165) is 24.3 Å². The SMILES string of the molecule is CC(C)(C)CNCc1ccc2ccccc2n1. The van der Waals surface area contributed by atoms with E-state index in [0.29, 0.717) is 5.41 Å². The van der Waals surface area contributed by atoms with E-state index in [4.69, 9.17) is 0 Å². The second-order valence-corrected chi connectivity index (χ2v) is 5.66. The van der Waals surface area contributed by atoms with Crippen molar-refractivity contribution in [2.24, 2.45) is 5.41 Å². The second kappa shape index (κ2) is 4.84. The van der Waals surface area contributed by atoms with Crippen molar-refractivity contribution < 1.29 is 0 Å². The third-order valence-corrected chi connectivity index (χ3v) is 2.62. The van der Waals surface area contributed by atoms with Gasteiger partial charge in [0, 0.05) is 18.5 Å². The molecule has 1 heterocycles. The van der Waals surface area contributed by atoms with E-state index in [1.165, 1.54) is 5.39 Å². The molecule has 1 aromatic heterocycles. The molecule has 0 aliphatic carbocycles. The average molecular weight is 228 g/mol. The summed E-state index contributed by atoms with van der Waals surface area (Å²) in [4.78, 5) is 4.63. The van der Waals surface area contributed by atoms with E-state index in [-0.39, 0.29) is 0 Å². The third-order valence-electron chi connectivity index (χ3n) is 2.62. The Kier molecular flexibility index (Phi) is 3.43. The van der Waals surface area contributed by atoms with Crippen LogP contribution in [0.3, 0.4) is 0 Å². The first-order valence-corrected chi connectivity index (χ1v) is 6.10. The maximum atomic E-state index is 4.63. The highest BCUT2D eigenvalue weighted by atomic mass is 14.9. The van der Waals surface area contributed by atoms with E-state index < -0.39 is 0 Å². The molecule has 0 aliphatic rings. The molecule has 0 unspecified atom stereocenters. The third kappa shape index (κ3) is 3.53. The summed E-state index contributed by atoms with van der Waals surface area (Å²) >= 11 is 0. The molecule has 0 spiro atoms. The average Bonchev–Trinajstić information content (AvgIpc) is 2.27. The Morgan fingerprint density at radius 3 is 2.59 bits per heavy atom.